The van der Waals surface area contributed by atoms with Crippen LogP contribution in [-0.2, 0) is 19.0 Å². The van der Waals surface area contributed by atoms with Gasteiger partial charge in [0.25, 0.3) is 0 Å². The van der Waals surface area contributed by atoms with Gasteiger partial charge < -0.3 is 44.8 Å². The zero-order valence-corrected chi connectivity index (χ0v) is 14.1. The molecule has 148 valence electrons. The smallest absolute Gasteiger partial charge is 0.334 e. The summed E-state index contributed by atoms with van der Waals surface area (Å²) in [6.07, 6.45) is -7.71. The summed E-state index contributed by atoms with van der Waals surface area (Å²) in [4.78, 5) is 11.4. The summed E-state index contributed by atoms with van der Waals surface area (Å²) in [5.74, 6) is -2.49. The topological polar surface area (TPSA) is 166 Å². The van der Waals surface area contributed by atoms with Gasteiger partial charge in [0.15, 0.2) is 6.29 Å². The van der Waals surface area contributed by atoms with E-state index in [1.165, 1.54) is 0 Å². The van der Waals surface area contributed by atoms with Crippen molar-refractivity contribution in [2.45, 2.75) is 56.4 Å². The van der Waals surface area contributed by atoms with E-state index in [2.05, 4.69) is 0 Å². The van der Waals surface area contributed by atoms with E-state index in [4.69, 9.17) is 14.2 Å². The molecule has 10 nitrogen and oxygen atoms in total. The van der Waals surface area contributed by atoms with Crippen molar-refractivity contribution >= 4 is 5.97 Å². The number of hydrogen-bond acceptors (Lipinski definition) is 9. The van der Waals surface area contributed by atoms with Crippen molar-refractivity contribution in [2.75, 3.05) is 6.61 Å². The quantitative estimate of drug-likeness (QED) is 0.316. The van der Waals surface area contributed by atoms with Gasteiger partial charge in [-0.2, -0.15) is 0 Å². The molecule has 0 aromatic carbocycles. The number of rotatable bonds is 4. The standard InChI is InChI=1S/C16H24O10/c1-5-8(18)2-6-7(14(22)23)4-24-15(10(5)6)26-16-13(21)12(20)11(19)9(3-17)25-16/h4-6,8-13,15-21H,2-3H2,1H3,(H,22,23)/t5-,6-,8-,9+,10+,11+,12-,13+,15-,16+/m0/s1. The van der Waals surface area contributed by atoms with E-state index in [1.54, 1.807) is 6.92 Å². The molecular weight excluding hydrogens is 352 g/mol. The number of aliphatic hydroxyl groups excluding tert-OH is 5. The predicted molar refractivity (Wildman–Crippen MR) is 82.2 cm³/mol. The van der Waals surface area contributed by atoms with Gasteiger partial charge in [0.2, 0.25) is 6.29 Å². The van der Waals surface area contributed by atoms with Gasteiger partial charge in [0.05, 0.1) is 24.5 Å². The SMILES string of the molecule is C[C@@H]1[C@H]2[C@H](O[C@H]3O[C@H](CO)[C@@H](O)[C@H](O)[C@H]3O)OC=C(C(=O)O)[C@@H]2C[C@@H]1O. The second kappa shape index (κ2) is 7.39. The molecule has 0 amide bonds. The fourth-order valence-electron chi connectivity index (χ4n) is 3.99. The third kappa shape index (κ3) is 3.22. The first kappa shape index (κ1) is 19.5. The lowest BCUT2D eigenvalue weighted by atomic mass is 9.83. The first-order chi connectivity index (χ1) is 12.3. The van der Waals surface area contributed by atoms with Gasteiger partial charge in [-0.1, -0.05) is 6.92 Å². The Hall–Kier alpha value is -1.27. The van der Waals surface area contributed by atoms with Crippen LogP contribution in [0.25, 0.3) is 0 Å². The Morgan fingerprint density at radius 2 is 1.88 bits per heavy atom. The van der Waals surface area contributed by atoms with Gasteiger partial charge in [-0.25, -0.2) is 4.79 Å². The number of aliphatic carboxylic acids is 1. The molecule has 1 aliphatic carbocycles. The number of carboxylic acid groups (broad SMARTS) is 1. The summed E-state index contributed by atoms with van der Waals surface area (Å²) in [5, 5.41) is 58.5. The molecule has 0 aromatic rings. The van der Waals surface area contributed by atoms with Crippen molar-refractivity contribution < 1.29 is 49.6 Å². The number of carbonyl (C=O) groups is 1. The van der Waals surface area contributed by atoms with Gasteiger partial charge in [-0.3, -0.25) is 0 Å². The molecule has 3 rings (SSSR count). The normalized spacial score (nSPS) is 48.5. The van der Waals surface area contributed by atoms with Crippen LogP contribution in [0.2, 0.25) is 0 Å². The zero-order valence-electron chi connectivity index (χ0n) is 14.1. The monoisotopic (exact) mass is 376 g/mol. The van der Waals surface area contributed by atoms with Gasteiger partial charge in [-0.05, 0) is 12.3 Å². The van der Waals surface area contributed by atoms with E-state index in [1.807, 2.05) is 0 Å². The maximum atomic E-state index is 11.4. The van der Waals surface area contributed by atoms with Crippen molar-refractivity contribution in [3.63, 3.8) is 0 Å². The van der Waals surface area contributed by atoms with E-state index >= 15 is 0 Å². The van der Waals surface area contributed by atoms with Crippen molar-refractivity contribution in [1.82, 2.24) is 0 Å². The van der Waals surface area contributed by atoms with Crippen LogP contribution in [-0.4, -0.2) is 86.3 Å². The Bertz CT molecular complexity index is 563. The Morgan fingerprint density at radius 1 is 1.19 bits per heavy atom. The number of hydrogen-bond donors (Lipinski definition) is 6. The fourth-order valence-corrected chi connectivity index (χ4v) is 3.99. The molecule has 0 spiro atoms. The summed E-state index contributed by atoms with van der Waals surface area (Å²) >= 11 is 0. The maximum absolute atomic E-state index is 11.4. The number of fused-ring (bicyclic) bond motifs is 1. The number of ether oxygens (including phenoxy) is 3. The lowest BCUT2D eigenvalue weighted by Gasteiger charge is -2.43. The van der Waals surface area contributed by atoms with Gasteiger partial charge >= 0.3 is 5.97 Å². The van der Waals surface area contributed by atoms with Crippen molar-refractivity contribution in [3.05, 3.63) is 11.8 Å². The number of aliphatic hydroxyl groups is 5. The van der Waals surface area contributed by atoms with Crippen LogP contribution < -0.4 is 0 Å². The molecule has 1 saturated heterocycles. The first-order valence-corrected chi connectivity index (χ1v) is 8.49. The van der Waals surface area contributed by atoms with Crippen molar-refractivity contribution in [1.29, 1.82) is 0 Å². The van der Waals surface area contributed by atoms with Crippen LogP contribution >= 0.6 is 0 Å². The maximum Gasteiger partial charge on any atom is 0.334 e. The molecule has 3 aliphatic rings. The minimum atomic E-state index is -1.60. The van der Waals surface area contributed by atoms with E-state index in [9.17, 15) is 35.4 Å². The summed E-state index contributed by atoms with van der Waals surface area (Å²) in [6, 6.07) is 0. The lowest BCUT2D eigenvalue weighted by molar-refractivity contribution is -0.342. The molecule has 10 heteroatoms. The largest absolute Gasteiger partial charge is 0.478 e. The van der Waals surface area contributed by atoms with E-state index in [0.29, 0.717) is 0 Å². The van der Waals surface area contributed by atoms with Gasteiger partial charge in [0, 0.05) is 11.8 Å². The highest BCUT2D eigenvalue weighted by Gasteiger charge is 2.53. The molecule has 0 aromatic heterocycles. The summed E-state index contributed by atoms with van der Waals surface area (Å²) in [7, 11) is 0. The molecule has 10 atom stereocenters. The molecule has 26 heavy (non-hydrogen) atoms. The van der Waals surface area contributed by atoms with E-state index in [-0.39, 0.29) is 17.9 Å². The molecule has 2 fully saturated rings. The average molecular weight is 376 g/mol. The fraction of sp³-hybridized carbons (Fsp3) is 0.812. The Labute approximate surface area is 149 Å². The van der Waals surface area contributed by atoms with Gasteiger partial charge in [-0.15, -0.1) is 0 Å². The van der Waals surface area contributed by atoms with Crippen molar-refractivity contribution in [3.8, 4) is 0 Å². The molecule has 2 aliphatic heterocycles. The van der Waals surface area contributed by atoms with Crippen LogP contribution in [0.4, 0.5) is 0 Å². The summed E-state index contributed by atoms with van der Waals surface area (Å²) < 4.78 is 16.3. The Kier molecular flexibility index (Phi) is 5.54. The average Bonchev–Trinajstić information content (AvgIpc) is 2.90. The first-order valence-electron chi connectivity index (χ1n) is 8.49. The minimum Gasteiger partial charge on any atom is -0.478 e. The van der Waals surface area contributed by atoms with Crippen LogP contribution in [0.1, 0.15) is 13.3 Å². The number of carboxylic acids is 1. The highest BCUT2D eigenvalue weighted by molar-refractivity contribution is 5.87. The third-order valence-electron chi connectivity index (χ3n) is 5.58. The highest BCUT2D eigenvalue weighted by Crippen LogP contribution is 2.47. The molecule has 0 radical (unpaired) electrons. The van der Waals surface area contributed by atoms with Crippen LogP contribution in [0, 0.1) is 17.8 Å². The third-order valence-corrected chi connectivity index (χ3v) is 5.58. The molecule has 2 heterocycles. The highest BCUT2D eigenvalue weighted by atomic mass is 16.8. The zero-order chi connectivity index (χ0) is 19.2. The molecule has 0 bridgehead atoms. The summed E-state index contributed by atoms with van der Waals surface area (Å²) in [6.45, 7) is 1.15. The molecule has 1 saturated carbocycles. The predicted octanol–water partition coefficient (Wildman–Crippen LogP) is -2.24. The van der Waals surface area contributed by atoms with E-state index in [0.717, 1.165) is 6.26 Å². The van der Waals surface area contributed by atoms with Crippen LogP contribution in [0.5, 0.6) is 0 Å². The lowest BCUT2D eigenvalue weighted by Crippen LogP contribution is -2.60. The van der Waals surface area contributed by atoms with Crippen LogP contribution in [0.15, 0.2) is 11.8 Å². The molecule has 0 unspecified atom stereocenters. The summed E-state index contributed by atoms with van der Waals surface area (Å²) in [5.41, 5.74) is 0.0343. The Morgan fingerprint density at radius 3 is 2.50 bits per heavy atom. The molecular formula is C16H24O10. The minimum absolute atomic E-state index is 0.0343. The second-order valence-electron chi connectivity index (χ2n) is 7.06. The van der Waals surface area contributed by atoms with Gasteiger partial charge in [0.1, 0.15) is 24.4 Å². The second-order valence-corrected chi connectivity index (χ2v) is 7.06. The van der Waals surface area contributed by atoms with Crippen molar-refractivity contribution in [2.24, 2.45) is 17.8 Å². The Balaban J connectivity index is 1.79. The molecule has 6 N–H and O–H groups in total. The van der Waals surface area contributed by atoms with E-state index < -0.39 is 67.5 Å². The van der Waals surface area contributed by atoms with Crippen LogP contribution in [0.3, 0.4) is 0 Å².